The van der Waals surface area contributed by atoms with Crippen LogP contribution in [0.25, 0.3) is 0 Å². The van der Waals surface area contributed by atoms with Crippen LogP contribution in [0.2, 0.25) is 5.02 Å². The Morgan fingerprint density at radius 2 is 1.97 bits per heavy atom. The molecule has 1 aromatic carbocycles. The Balaban J connectivity index is 1.50. The number of carbonyl (C=O) groups excluding carboxylic acids is 1. The first-order valence-electron chi connectivity index (χ1n) is 9.80. The second-order valence-corrected chi connectivity index (χ2v) is 10.1. The van der Waals surface area contributed by atoms with Crippen LogP contribution in [-0.2, 0) is 14.6 Å². The minimum Gasteiger partial charge on any atom is -0.487 e. The smallest absolute Gasteiger partial charge is 0.321 e. The maximum Gasteiger partial charge on any atom is 0.321 e. The van der Waals surface area contributed by atoms with E-state index in [1.54, 1.807) is 30.2 Å². The van der Waals surface area contributed by atoms with Crippen molar-refractivity contribution in [2.45, 2.75) is 31.3 Å². The lowest BCUT2D eigenvalue weighted by Gasteiger charge is -2.33. The molecule has 162 valence electrons. The molecule has 2 amide bonds. The number of sulfone groups is 1. The van der Waals surface area contributed by atoms with Crippen molar-refractivity contribution >= 4 is 33.2 Å². The number of benzene rings is 1. The molecule has 0 spiro atoms. The van der Waals surface area contributed by atoms with E-state index in [0.29, 0.717) is 49.2 Å². The third-order valence-corrected chi connectivity index (χ3v) is 7.29. The third kappa shape index (κ3) is 6.21. The molecular weight excluding hydrogens is 418 g/mol. The molecule has 2 aliphatic heterocycles. The molecule has 2 N–H and O–H groups in total. The SMILES string of the molecule is COCCOc1c(Cl)cccc1NC(=O)N1CCC(NC2CCS(=O)(=O)C2)CC1. The molecule has 10 heteroatoms. The number of halogens is 1. The maximum atomic E-state index is 12.7. The van der Waals surface area contributed by atoms with Crippen LogP contribution in [0.3, 0.4) is 0 Å². The fourth-order valence-corrected chi connectivity index (χ4v) is 5.60. The molecule has 1 unspecified atom stereocenters. The number of ether oxygens (including phenoxy) is 2. The van der Waals surface area contributed by atoms with E-state index in [4.69, 9.17) is 21.1 Å². The monoisotopic (exact) mass is 445 g/mol. The molecule has 0 bridgehead atoms. The van der Waals surface area contributed by atoms with Gasteiger partial charge in [0.25, 0.3) is 0 Å². The van der Waals surface area contributed by atoms with Crippen molar-refractivity contribution in [3.63, 3.8) is 0 Å². The van der Waals surface area contributed by atoms with Gasteiger partial charge >= 0.3 is 6.03 Å². The molecule has 3 rings (SSSR count). The fourth-order valence-electron chi connectivity index (χ4n) is 3.68. The van der Waals surface area contributed by atoms with Gasteiger partial charge in [0, 0.05) is 32.3 Å². The number of nitrogens with one attached hydrogen (secondary N) is 2. The van der Waals surface area contributed by atoms with Gasteiger partial charge in [0.1, 0.15) is 6.61 Å². The zero-order chi connectivity index (χ0) is 20.9. The standard InChI is InChI=1S/C19H28ClN3O5S/c1-27-10-11-28-18-16(20)3-2-4-17(18)22-19(24)23-8-5-14(6-9-23)21-15-7-12-29(25,26)13-15/h2-4,14-15,21H,5-13H2,1H3,(H,22,24). The van der Waals surface area contributed by atoms with Gasteiger partial charge < -0.3 is 25.0 Å². The van der Waals surface area contributed by atoms with E-state index in [0.717, 1.165) is 12.8 Å². The number of anilines is 1. The molecule has 2 aliphatic rings. The summed E-state index contributed by atoms with van der Waals surface area (Å²) in [7, 11) is -1.30. The van der Waals surface area contributed by atoms with Gasteiger partial charge in [-0.2, -0.15) is 0 Å². The number of hydrogen-bond donors (Lipinski definition) is 2. The summed E-state index contributed by atoms with van der Waals surface area (Å²) < 4.78 is 33.8. The van der Waals surface area contributed by atoms with E-state index in [2.05, 4.69) is 10.6 Å². The van der Waals surface area contributed by atoms with Crippen LogP contribution >= 0.6 is 11.6 Å². The molecule has 2 saturated heterocycles. The first-order valence-corrected chi connectivity index (χ1v) is 12.0. The van der Waals surface area contributed by atoms with Crippen LogP contribution in [-0.4, -0.2) is 76.4 Å². The molecule has 0 saturated carbocycles. The zero-order valence-corrected chi connectivity index (χ0v) is 18.1. The highest BCUT2D eigenvalue weighted by molar-refractivity contribution is 7.91. The first-order chi connectivity index (χ1) is 13.9. The zero-order valence-electron chi connectivity index (χ0n) is 16.5. The summed E-state index contributed by atoms with van der Waals surface area (Å²) >= 11 is 6.22. The minimum absolute atomic E-state index is 0.0312. The highest BCUT2D eigenvalue weighted by Crippen LogP contribution is 2.33. The van der Waals surface area contributed by atoms with E-state index < -0.39 is 9.84 Å². The lowest BCUT2D eigenvalue weighted by atomic mass is 10.0. The summed E-state index contributed by atoms with van der Waals surface area (Å²) in [6, 6.07) is 5.28. The van der Waals surface area contributed by atoms with Gasteiger partial charge in [0.05, 0.1) is 28.8 Å². The molecule has 0 aliphatic carbocycles. The number of urea groups is 1. The number of rotatable bonds is 7. The Kier molecular flexibility index (Phi) is 7.61. The molecule has 0 aromatic heterocycles. The Morgan fingerprint density at radius 3 is 2.62 bits per heavy atom. The molecule has 1 atom stereocenters. The molecule has 2 heterocycles. The Morgan fingerprint density at radius 1 is 1.21 bits per heavy atom. The van der Waals surface area contributed by atoms with Crippen molar-refractivity contribution in [3.8, 4) is 5.75 Å². The maximum absolute atomic E-state index is 12.7. The number of amides is 2. The Bertz CT molecular complexity index is 812. The highest BCUT2D eigenvalue weighted by Gasteiger charge is 2.31. The third-order valence-electron chi connectivity index (χ3n) is 5.23. The van der Waals surface area contributed by atoms with Gasteiger partial charge in [-0.3, -0.25) is 0 Å². The van der Waals surface area contributed by atoms with E-state index in [-0.39, 0.29) is 29.6 Å². The van der Waals surface area contributed by atoms with E-state index in [1.165, 1.54) is 0 Å². The summed E-state index contributed by atoms with van der Waals surface area (Å²) in [6.45, 7) is 1.95. The number of piperidine rings is 1. The van der Waals surface area contributed by atoms with Gasteiger partial charge in [-0.15, -0.1) is 0 Å². The van der Waals surface area contributed by atoms with Crippen molar-refractivity contribution in [2.75, 3.05) is 50.2 Å². The Labute approximate surface area is 176 Å². The molecule has 29 heavy (non-hydrogen) atoms. The van der Waals surface area contributed by atoms with Crippen LogP contribution < -0.4 is 15.4 Å². The van der Waals surface area contributed by atoms with Gasteiger partial charge in [-0.05, 0) is 31.4 Å². The van der Waals surface area contributed by atoms with Crippen molar-refractivity contribution in [2.24, 2.45) is 0 Å². The number of hydrogen-bond acceptors (Lipinski definition) is 6. The van der Waals surface area contributed by atoms with Crippen molar-refractivity contribution < 1.29 is 22.7 Å². The highest BCUT2D eigenvalue weighted by atomic mass is 35.5. The topological polar surface area (TPSA) is 97.0 Å². The molecule has 0 radical (unpaired) electrons. The average molecular weight is 446 g/mol. The quantitative estimate of drug-likeness (QED) is 0.624. The van der Waals surface area contributed by atoms with Crippen molar-refractivity contribution in [1.82, 2.24) is 10.2 Å². The summed E-state index contributed by atoms with van der Waals surface area (Å²) in [5.74, 6) is 0.910. The van der Waals surface area contributed by atoms with Crippen LogP contribution in [0, 0.1) is 0 Å². The van der Waals surface area contributed by atoms with Gasteiger partial charge in [0.2, 0.25) is 0 Å². The first kappa shape index (κ1) is 22.1. The van der Waals surface area contributed by atoms with Gasteiger partial charge in [-0.1, -0.05) is 17.7 Å². The van der Waals surface area contributed by atoms with Gasteiger partial charge in [-0.25, -0.2) is 13.2 Å². The number of para-hydroxylation sites is 1. The second-order valence-electron chi connectivity index (χ2n) is 7.42. The van der Waals surface area contributed by atoms with Crippen LogP contribution in [0.1, 0.15) is 19.3 Å². The van der Waals surface area contributed by atoms with Crippen LogP contribution in [0.15, 0.2) is 18.2 Å². The van der Waals surface area contributed by atoms with Gasteiger partial charge in [0.15, 0.2) is 15.6 Å². The largest absolute Gasteiger partial charge is 0.487 e. The van der Waals surface area contributed by atoms with E-state index in [1.807, 2.05) is 0 Å². The van der Waals surface area contributed by atoms with Crippen LogP contribution in [0.5, 0.6) is 5.75 Å². The normalized spacial score (nSPS) is 21.9. The average Bonchev–Trinajstić information content (AvgIpc) is 3.03. The van der Waals surface area contributed by atoms with Crippen molar-refractivity contribution in [3.05, 3.63) is 23.2 Å². The minimum atomic E-state index is -2.89. The van der Waals surface area contributed by atoms with E-state index >= 15 is 0 Å². The van der Waals surface area contributed by atoms with Crippen LogP contribution in [0.4, 0.5) is 10.5 Å². The molecular formula is C19H28ClN3O5S. The number of nitrogens with zero attached hydrogens (tertiary/aromatic N) is 1. The summed E-state index contributed by atoms with van der Waals surface area (Å²) in [5.41, 5.74) is 0.523. The predicted octanol–water partition coefficient (Wildman–Crippen LogP) is 2.14. The summed E-state index contributed by atoms with van der Waals surface area (Å²) in [5, 5.41) is 6.75. The summed E-state index contributed by atoms with van der Waals surface area (Å²) in [4.78, 5) is 14.4. The fraction of sp³-hybridized carbons (Fsp3) is 0.632. The molecule has 1 aromatic rings. The number of carbonyl (C=O) groups is 1. The van der Waals surface area contributed by atoms with E-state index in [9.17, 15) is 13.2 Å². The predicted molar refractivity (Wildman–Crippen MR) is 113 cm³/mol. The molecule has 8 nitrogen and oxygen atoms in total. The number of likely N-dealkylation sites (tertiary alicyclic amines) is 1. The number of methoxy groups -OCH3 is 1. The molecule has 2 fully saturated rings. The Hall–Kier alpha value is -1.55. The summed E-state index contributed by atoms with van der Waals surface area (Å²) in [6.07, 6.45) is 2.25. The second kappa shape index (κ2) is 9.97. The lowest BCUT2D eigenvalue weighted by molar-refractivity contribution is 0.146. The lowest BCUT2D eigenvalue weighted by Crippen LogP contribution is -2.49. The van der Waals surface area contributed by atoms with Crippen molar-refractivity contribution in [1.29, 1.82) is 0 Å².